The molecule has 0 spiro atoms. The van der Waals surface area contributed by atoms with Gasteiger partial charge in [0.15, 0.2) is 0 Å². The molecule has 2 atom stereocenters. The summed E-state index contributed by atoms with van der Waals surface area (Å²) < 4.78 is 4.42. The maximum atomic E-state index is 2.65. The van der Waals surface area contributed by atoms with Gasteiger partial charge in [-0.3, -0.25) is 0 Å². The van der Waals surface area contributed by atoms with Crippen LogP contribution in [0.1, 0.15) is 78.4 Å². The first-order chi connectivity index (χ1) is 19.9. The van der Waals surface area contributed by atoms with Gasteiger partial charge in [-0.1, -0.05) is 0 Å². The Morgan fingerprint density at radius 1 is 0.512 bits per heavy atom. The van der Waals surface area contributed by atoms with Gasteiger partial charge in [-0.05, 0) is 0 Å². The second-order valence-electron chi connectivity index (χ2n) is 12.9. The standard InChI is InChI=1S/2C19H19.C2H4.2ClH.Zr/c2*1-4-15-11-18-14(3)9-10-17(19(18)12-15)16-8-6-5-7-13(16)2;1-2;;;/h2*5-12H,4H2,1-3H3;1-2H2;2*1H;/q;;;;;+2/p-2. The fourth-order valence-corrected chi connectivity index (χ4v) is 26.8. The molecule has 1 fully saturated rings. The van der Waals surface area contributed by atoms with Crippen molar-refractivity contribution in [2.24, 2.45) is 0 Å². The van der Waals surface area contributed by atoms with Gasteiger partial charge in [0.2, 0.25) is 0 Å². The first kappa shape index (κ1) is 32.2. The summed E-state index contributed by atoms with van der Waals surface area (Å²) in [4.78, 5) is 0. The van der Waals surface area contributed by atoms with Crippen LogP contribution in [0.5, 0.6) is 0 Å². The molecular weight excluding hydrogens is 643 g/mol. The number of halogens is 2. The minimum absolute atomic E-state index is 0. The molecular formula is C40H42Cl2Zr. The van der Waals surface area contributed by atoms with Crippen LogP contribution < -0.4 is 24.8 Å². The minimum Gasteiger partial charge on any atom is -1.00 e. The summed E-state index contributed by atoms with van der Waals surface area (Å²) in [6.07, 6.45) is 7.62. The van der Waals surface area contributed by atoms with E-state index in [0.29, 0.717) is 7.25 Å². The van der Waals surface area contributed by atoms with Crippen molar-refractivity contribution in [1.82, 2.24) is 0 Å². The smallest absolute Gasteiger partial charge is 1.00 e. The normalized spacial score (nSPS) is 18.3. The van der Waals surface area contributed by atoms with Gasteiger partial charge in [0.05, 0.1) is 0 Å². The predicted octanol–water partition coefficient (Wildman–Crippen LogP) is 5.66. The quantitative estimate of drug-likeness (QED) is 0.246. The molecule has 2 aliphatic carbocycles. The molecule has 0 radical (unpaired) electrons. The third-order valence-electron chi connectivity index (χ3n) is 10.7. The first-order valence-corrected chi connectivity index (χ1v) is 22.0. The number of aryl methyl sites for hydroxylation is 4. The molecule has 0 bridgehead atoms. The molecule has 0 aromatic heterocycles. The molecule has 2 unspecified atom stereocenters. The van der Waals surface area contributed by atoms with Crippen molar-refractivity contribution in [2.45, 2.75) is 69.9 Å². The summed E-state index contributed by atoms with van der Waals surface area (Å²) in [6, 6.07) is 27.6. The monoisotopic (exact) mass is 682 g/mol. The van der Waals surface area contributed by atoms with E-state index in [4.69, 9.17) is 0 Å². The molecule has 1 saturated heterocycles. The molecule has 0 amide bonds. The van der Waals surface area contributed by atoms with Crippen LogP contribution in [-0.2, 0) is 20.3 Å². The molecule has 4 aromatic carbocycles. The Labute approximate surface area is 275 Å². The van der Waals surface area contributed by atoms with Crippen molar-refractivity contribution < 1.29 is 45.1 Å². The molecule has 0 nitrogen and oxygen atoms in total. The van der Waals surface area contributed by atoms with Crippen LogP contribution in [0.25, 0.3) is 34.4 Å². The number of benzene rings is 4. The molecule has 4 aromatic rings. The van der Waals surface area contributed by atoms with Gasteiger partial charge < -0.3 is 24.8 Å². The zero-order valence-corrected chi connectivity index (χ0v) is 30.3. The molecule has 0 saturated carbocycles. The average molecular weight is 685 g/mol. The van der Waals surface area contributed by atoms with Crippen molar-refractivity contribution in [3.63, 3.8) is 0 Å². The van der Waals surface area contributed by atoms with Crippen molar-refractivity contribution in [1.29, 1.82) is 0 Å². The minimum atomic E-state index is -2.75. The van der Waals surface area contributed by atoms with E-state index in [-0.39, 0.29) is 24.8 Å². The number of fused-ring (bicyclic) bond motifs is 2. The van der Waals surface area contributed by atoms with E-state index in [1.54, 1.807) is 22.3 Å². The molecule has 1 aliphatic heterocycles. The van der Waals surface area contributed by atoms with E-state index < -0.39 is 20.3 Å². The van der Waals surface area contributed by atoms with Gasteiger partial charge in [0.25, 0.3) is 0 Å². The second-order valence-corrected chi connectivity index (χ2v) is 24.2. The van der Waals surface area contributed by atoms with Crippen LogP contribution in [0.15, 0.2) is 83.9 Å². The van der Waals surface area contributed by atoms with Crippen LogP contribution in [0.4, 0.5) is 0 Å². The number of allylic oxidation sites excluding steroid dienone is 2. The maximum absolute atomic E-state index is 2.75. The Balaban J connectivity index is 0.00000184. The van der Waals surface area contributed by atoms with E-state index in [1.807, 2.05) is 0 Å². The van der Waals surface area contributed by atoms with Crippen molar-refractivity contribution >= 4 is 12.2 Å². The van der Waals surface area contributed by atoms with E-state index in [1.165, 1.54) is 63.9 Å². The second kappa shape index (κ2) is 12.3. The third kappa shape index (κ3) is 4.99. The fraction of sp³-hybridized carbons (Fsp3) is 0.300. The Morgan fingerprint density at radius 3 is 1.26 bits per heavy atom. The SMILES string of the molecule is CCC1=Cc2c(-c3ccccc3C)ccc(C)c2[CH]1[Zr+2]1([CH]2C(CC)=Cc3c(-c4ccccc4C)ccc(C)c32)[CH2][CH2]1.[Cl-].[Cl-]. The third-order valence-corrected chi connectivity index (χ3v) is 23.6. The van der Waals surface area contributed by atoms with Crippen LogP contribution >= 0.6 is 0 Å². The molecule has 220 valence electrons. The van der Waals surface area contributed by atoms with Gasteiger partial charge in [0, 0.05) is 0 Å². The first-order valence-electron chi connectivity index (χ1n) is 15.7. The van der Waals surface area contributed by atoms with Gasteiger partial charge in [-0.15, -0.1) is 0 Å². The van der Waals surface area contributed by atoms with E-state index in [0.717, 1.165) is 12.8 Å². The molecule has 7 rings (SSSR count). The van der Waals surface area contributed by atoms with Crippen molar-refractivity contribution in [3.05, 3.63) is 128 Å². The Morgan fingerprint density at radius 2 is 0.907 bits per heavy atom. The van der Waals surface area contributed by atoms with Gasteiger partial charge >= 0.3 is 253 Å². The van der Waals surface area contributed by atoms with Crippen LogP contribution in [0.2, 0.25) is 8.26 Å². The molecule has 3 aliphatic rings. The van der Waals surface area contributed by atoms with Crippen LogP contribution in [-0.4, -0.2) is 0 Å². The van der Waals surface area contributed by atoms with Crippen molar-refractivity contribution in [2.75, 3.05) is 0 Å². The van der Waals surface area contributed by atoms with Gasteiger partial charge in [-0.2, -0.15) is 0 Å². The summed E-state index contributed by atoms with van der Waals surface area (Å²) in [7, 11) is 0. The Kier molecular flexibility index (Phi) is 9.23. The Hall–Kier alpha value is -2.18. The largest absolute Gasteiger partial charge is 1.00 e. The number of rotatable bonds is 6. The summed E-state index contributed by atoms with van der Waals surface area (Å²) in [5, 5.41) is 0. The summed E-state index contributed by atoms with van der Waals surface area (Å²) in [5.41, 5.74) is 21.4. The van der Waals surface area contributed by atoms with Crippen LogP contribution in [0.3, 0.4) is 0 Å². The predicted molar refractivity (Wildman–Crippen MR) is 174 cm³/mol. The Bertz CT molecular complexity index is 1640. The summed E-state index contributed by atoms with van der Waals surface area (Å²) in [6.45, 7) is 14.1. The van der Waals surface area contributed by atoms with E-state index >= 15 is 0 Å². The molecule has 1 heterocycles. The molecule has 0 N–H and O–H groups in total. The zero-order valence-electron chi connectivity index (χ0n) is 26.3. The van der Waals surface area contributed by atoms with Crippen LogP contribution in [0, 0.1) is 27.7 Å². The number of hydrogen-bond acceptors (Lipinski definition) is 0. The topological polar surface area (TPSA) is 0 Å². The van der Waals surface area contributed by atoms with Gasteiger partial charge in [0.1, 0.15) is 0 Å². The van der Waals surface area contributed by atoms with E-state index in [9.17, 15) is 0 Å². The maximum Gasteiger partial charge on any atom is -1.00 e. The summed E-state index contributed by atoms with van der Waals surface area (Å²) >= 11 is -2.75. The molecule has 43 heavy (non-hydrogen) atoms. The van der Waals surface area contributed by atoms with E-state index in [2.05, 4.69) is 126 Å². The van der Waals surface area contributed by atoms with Gasteiger partial charge in [-0.25, -0.2) is 0 Å². The average Bonchev–Trinajstić information content (AvgIpc) is 3.49. The number of hydrogen-bond donors (Lipinski definition) is 0. The molecule has 3 heteroatoms. The summed E-state index contributed by atoms with van der Waals surface area (Å²) in [5.74, 6) is 0. The van der Waals surface area contributed by atoms with Crippen molar-refractivity contribution in [3.8, 4) is 22.3 Å². The zero-order chi connectivity index (χ0) is 28.5. The fourth-order valence-electron chi connectivity index (χ4n) is 8.51.